The first-order chi connectivity index (χ1) is 8.89. The smallest absolute Gasteiger partial charge is 0.212 e. The van der Waals surface area contributed by atoms with E-state index in [9.17, 15) is 12.8 Å². The zero-order valence-corrected chi connectivity index (χ0v) is 12.1. The lowest BCUT2D eigenvalue weighted by Gasteiger charge is -2.15. The Morgan fingerprint density at radius 3 is 2.68 bits per heavy atom. The van der Waals surface area contributed by atoms with Crippen molar-refractivity contribution in [1.82, 2.24) is 10.0 Å². The molecule has 1 aromatic rings. The molecule has 0 radical (unpaired) electrons. The molecule has 0 spiro atoms. The Bertz CT molecular complexity index is 520. The second-order valence-electron chi connectivity index (χ2n) is 4.09. The number of halogens is 1. The van der Waals surface area contributed by atoms with E-state index in [2.05, 4.69) is 10.0 Å². The lowest BCUT2D eigenvalue weighted by atomic mass is 10.1. The molecule has 19 heavy (non-hydrogen) atoms. The van der Waals surface area contributed by atoms with E-state index < -0.39 is 15.8 Å². The first-order valence-electron chi connectivity index (χ1n) is 5.87. The highest BCUT2D eigenvalue weighted by Crippen LogP contribution is 2.22. The third-order valence-corrected chi connectivity index (χ3v) is 4.17. The molecule has 108 valence electrons. The maximum absolute atomic E-state index is 13.3. The summed E-state index contributed by atoms with van der Waals surface area (Å²) in [5.41, 5.74) is 0.833. The van der Waals surface area contributed by atoms with Crippen LogP contribution in [0.2, 0.25) is 0 Å². The van der Waals surface area contributed by atoms with Crippen molar-refractivity contribution in [3.05, 3.63) is 29.6 Å². The fraction of sp³-hybridized carbons (Fsp3) is 0.500. The average molecular weight is 290 g/mol. The van der Waals surface area contributed by atoms with Crippen molar-refractivity contribution in [3.63, 3.8) is 0 Å². The number of rotatable bonds is 7. The summed E-state index contributed by atoms with van der Waals surface area (Å²) in [6, 6.07) is 4.47. The van der Waals surface area contributed by atoms with Gasteiger partial charge in [0.25, 0.3) is 0 Å². The zero-order chi connectivity index (χ0) is 14.5. The van der Waals surface area contributed by atoms with Crippen molar-refractivity contribution in [3.8, 4) is 5.75 Å². The molecule has 0 saturated carbocycles. The van der Waals surface area contributed by atoms with E-state index in [4.69, 9.17) is 4.74 Å². The highest BCUT2D eigenvalue weighted by molar-refractivity contribution is 7.89. The summed E-state index contributed by atoms with van der Waals surface area (Å²) < 4.78 is 42.9. The highest BCUT2D eigenvalue weighted by atomic mass is 32.2. The largest absolute Gasteiger partial charge is 0.494 e. The zero-order valence-electron chi connectivity index (χ0n) is 11.2. The molecule has 0 amide bonds. The molecule has 1 rings (SSSR count). The number of hydrogen-bond acceptors (Lipinski definition) is 4. The molecule has 0 fully saturated rings. The first-order valence-corrected chi connectivity index (χ1v) is 7.53. The van der Waals surface area contributed by atoms with Gasteiger partial charge in [0.1, 0.15) is 0 Å². The summed E-state index contributed by atoms with van der Waals surface area (Å²) in [4.78, 5) is 0. The van der Waals surface area contributed by atoms with Gasteiger partial charge < -0.3 is 10.1 Å². The minimum Gasteiger partial charge on any atom is -0.494 e. The number of methoxy groups -OCH3 is 1. The minimum absolute atomic E-state index is 0.00777. The normalized spacial score (nSPS) is 13.3. The van der Waals surface area contributed by atoms with Crippen LogP contribution in [0.3, 0.4) is 0 Å². The van der Waals surface area contributed by atoms with E-state index >= 15 is 0 Å². The highest BCUT2D eigenvalue weighted by Gasteiger charge is 2.11. The van der Waals surface area contributed by atoms with Gasteiger partial charge in [-0.05, 0) is 31.7 Å². The van der Waals surface area contributed by atoms with Gasteiger partial charge in [0.2, 0.25) is 10.0 Å². The van der Waals surface area contributed by atoms with Crippen LogP contribution in [0, 0.1) is 5.82 Å². The molecule has 0 heterocycles. The number of nitrogens with one attached hydrogen (secondary N) is 2. The van der Waals surface area contributed by atoms with Gasteiger partial charge in [-0.3, -0.25) is 0 Å². The summed E-state index contributed by atoms with van der Waals surface area (Å²) in [6.45, 7) is 2.18. The van der Waals surface area contributed by atoms with E-state index in [1.165, 1.54) is 20.2 Å². The summed E-state index contributed by atoms with van der Waals surface area (Å²) in [5, 5.41) is 3.06. The molecule has 7 heteroatoms. The Morgan fingerprint density at radius 2 is 2.11 bits per heavy atom. The molecule has 0 aliphatic rings. The van der Waals surface area contributed by atoms with Gasteiger partial charge >= 0.3 is 0 Å². The lowest BCUT2D eigenvalue weighted by Crippen LogP contribution is -2.30. The SMILES string of the molecule is CNS(=O)(=O)CCNC(C)c1ccc(F)c(OC)c1. The van der Waals surface area contributed by atoms with Crippen LogP contribution in [-0.2, 0) is 10.0 Å². The standard InChI is InChI=1S/C12H19FN2O3S/c1-9(15-6-7-19(16,17)14-2)10-4-5-11(13)12(8-10)18-3/h4-5,8-9,14-15H,6-7H2,1-3H3. The maximum Gasteiger partial charge on any atom is 0.212 e. The Kier molecular flexibility index (Phi) is 5.71. The molecular weight excluding hydrogens is 271 g/mol. The van der Waals surface area contributed by atoms with E-state index in [-0.39, 0.29) is 17.5 Å². The van der Waals surface area contributed by atoms with Crippen molar-refractivity contribution >= 4 is 10.0 Å². The molecule has 1 atom stereocenters. The Hall–Kier alpha value is -1.18. The van der Waals surface area contributed by atoms with Crippen LogP contribution >= 0.6 is 0 Å². The van der Waals surface area contributed by atoms with Gasteiger partial charge in [-0.2, -0.15) is 0 Å². The van der Waals surface area contributed by atoms with Crippen molar-refractivity contribution in [2.24, 2.45) is 0 Å². The van der Waals surface area contributed by atoms with Gasteiger partial charge in [-0.1, -0.05) is 6.07 Å². The monoisotopic (exact) mass is 290 g/mol. The van der Waals surface area contributed by atoms with Crippen LogP contribution in [0.25, 0.3) is 0 Å². The summed E-state index contributed by atoms with van der Waals surface area (Å²) in [6.07, 6.45) is 0. The van der Waals surface area contributed by atoms with Crippen molar-refractivity contribution in [2.45, 2.75) is 13.0 Å². The summed E-state index contributed by atoms with van der Waals surface area (Å²) in [7, 11) is -0.433. The van der Waals surface area contributed by atoms with Gasteiger partial charge in [-0.15, -0.1) is 0 Å². The molecular formula is C12H19FN2O3S. The van der Waals surface area contributed by atoms with Gasteiger partial charge in [0, 0.05) is 12.6 Å². The Balaban J connectivity index is 2.61. The van der Waals surface area contributed by atoms with Gasteiger partial charge in [0.15, 0.2) is 11.6 Å². The number of benzene rings is 1. The molecule has 0 aliphatic heterocycles. The lowest BCUT2D eigenvalue weighted by molar-refractivity contribution is 0.385. The third-order valence-electron chi connectivity index (χ3n) is 2.81. The molecule has 0 aliphatic carbocycles. The quantitative estimate of drug-likeness (QED) is 0.787. The molecule has 0 bridgehead atoms. The topological polar surface area (TPSA) is 67.4 Å². The number of ether oxygens (including phenoxy) is 1. The van der Waals surface area contributed by atoms with Crippen molar-refractivity contribution in [1.29, 1.82) is 0 Å². The van der Waals surface area contributed by atoms with E-state index in [0.717, 1.165) is 5.56 Å². The van der Waals surface area contributed by atoms with Crippen LogP contribution < -0.4 is 14.8 Å². The van der Waals surface area contributed by atoms with Crippen molar-refractivity contribution < 1.29 is 17.5 Å². The third kappa shape index (κ3) is 4.77. The number of sulfonamides is 1. The van der Waals surface area contributed by atoms with Gasteiger partial charge in [-0.25, -0.2) is 17.5 Å². The molecule has 1 unspecified atom stereocenters. The molecule has 0 saturated heterocycles. The predicted octanol–water partition coefficient (Wildman–Crippen LogP) is 1.03. The average Bonchev–Trinajstić information content (AvgIpc) is 2.39. The second-order valence-corrected chi connectivity index (χ2v) is 6.14. The molecule has 0 aromatic heterocycles. The predicted molar refractivity (Wildman–Crippen MR) is 72.2 cm³/mol. The van der Waals surface area contributed by atoms with E-state index in [0.29, 0.717) is 6.54 Å². The Morgan fingerprint density at radius 1 is 1.42 bits per heavy atom. The van der Waals surface area contributed by atoms with Crippen LogP contribution in [0.4, 0.5) is 4.39 Å². The molecule has 2 N–H and O–H groups in total. The fourth-order valence-electron chi connectivity index (χ4n) is 1.58. The van der Waals surface area contributed by atoms with Crippen LogP contribution in [0.5, 0.6) is 5.75 Å². The van der Waals surface area contributed by atoms with Crippen LogP contribution in [0.15, 0.2) is 18.2 Å². The summed E-state index contributed by atoms with van der Waals surface area (Å²) >= 11 is 0. The molecule has 1 aromatic carbocycles. The fourth-order valence-corrected chi connectivity index (χ4v) is 2.17. The first kappa shape index (κ1) is 15.9. The van der Waals surface area contributed by atoms with Crippen molar-refractivity contribution in [2.75, 3.05) is 26.5 Å². The van der Waals surface area contributed by atoms with Crippen LogP contribution in [-0.4, -0.2) is 34.9 Å². The minimum atomic E-state index is -3.21. The van der Waals surface area contributed by atoms with E-state index in [1.54, 1.807) is 12.1 Å². The Labute approximate surface area is 113 Å². The molecule has 5 nitrogen and oxygen atoms in total. The van der Waals surface area contributed by atoms with E-state index in [1.807, 2.05) is 6.92 Å². The maximum atomic E-state index is 13.3. The second kappa shape index (κ2) is 6.83. The summed E-state index contributed by atoms with van der Waals surface area (Å²) in [5.74, 6) is -0.253. The van der Waals surface area contributed by atoms with Gasteiger partial charge in [0.05, 0.1) is 12.9 Å². The van der Waals surface area contributed by atoms with Crippen LogP contribution in [0.1, 0.15) is 18.5 Å². The number of hydrogen-bond donors (Lipinski definition) is 2.